The second-order valence-corrected chi connectivity index (χ2v) is 12.8. The molecular weight excluding hydrogens is 646 g/mol. The number of halogens is 1. The molecule has 3 aromatic carbocycles. The van der Waals surface area contributed by atoms with E-state index in [4.69, 9.17) is 18.9 Å². The minimum atomic E-state index is -1.06. The zero-order valence-corrected chi connectivity index (χ0v) is 27.4. The van der Waals surface area contributed by atoms with Gasteiger partial charge in [0.2, 0.25) is 5.13 Å². The van der Waals surface area contributed by atoms with Crippen LogP contribution in [0.15, 0.2) is 70.6 Å². The van der Waals surface area contributed by atoms with E-state index in [1.54, 1.807) is 48.5 Å². The largest absolute Gasteiger partial charge is 0.507 e. The van der Waals surface area contributed by atoms with Gasteiger partial charge < -0.3 is 24.1 Å². The standard InChI is InChI=1S/C34H32FN3O7S2/c1-3-5-14-43-24-12-8-21(17-26(24)42-4-2)29-28(30(39)22-9-13-25-27(18-22)45-16-15-44-25)31(40)32(41)38(29)33-36-37-34(47-33)46-19-20-6-10-23(35)11-7-20/h6-13,17-18,29,39H,3-5,14-16,19H2,1-2H3/t29-/m0/s1. The summed E-state index contributed by atoms with van der Waals surface area (Å²) in [5, 5.41) is 20.4. The van der Waals surface area contributed by atoms with Crippen molar-refractivity contribution < 1.29 is 38.0 Å². The number of amides is 1. The minimum absolute atomic E-state index is 0.121. The molecule has 2 aliphatic heterocycles. The molecule has 10 nitrogen and oxygen atoms in total. The van der Waals surface area contributed by atoms with Crippen LogP contribution in [0.5, 0.6) is 23.0 Å². The highest BCUT2D eigenvalue weighted by Gasteiger charge is 2.48. The topological polar surface area (TPSA) is 120 Å². The number of fused-ring (bicyclic) bond motifs is 1. The molecule has 0 spiro atoms. The number of nitrogens with zero attached hydrogens (tertiary/aromatic N) is 3. The van der Waals surface area contributed by atoms with Crippen LogP contribution in [0.2, 0.25) is 0 Å². The molecular formula is C34H32FN3O7S2. The summed E-state index contributed by atoms with van der Waals surface area (Å²) in [5.74, 6) is -0.0167. The third-order valence-corrected chi connectivity index (χ3v) is 9.60. The van der Waals surface area contributed by atoms with Gasteiger partial charge in [-0.05, 0) is 66.9 Å². The Balaban J connectivity index is 1.41. The van der Waals surface area contributed by atoms with Gasteiger partial charge in [-0.3, -0.25) is 14.5 Å². The number of rotatable bonds is 12. The summed E-state index contributed by atoms with van der Waals surface area (Å²) in [4.78, 5) is 28.8. The van der Waals surface area contributed by atoms with E-state index < -0.39 is 17.7 Å². The molecule has 1 aromatic heterocycles. The van der Waals surface area contributed by atoms with Crippen LogP contribution >= 0.6 is 23.1 Å². The number of aliphatic hydroxyl groups is 1. The van der Waals surface area contributed by atoms with Gasteiger partial charge in [0.05, 0.1) is 24.8 Å². The lowest BCUT2D eigenvalue weighted by Gasteiger charge is -2.24. The van der Waals surface area contributed by atoms with E-state index in [2.05, 4.69) is 17.1 Å². The predicted molar refractivity (Wildman–Crippen MR) is 176 cm³/mol. The first kappa shape index (κ1) is 32.3. The SMILES string of the molecule is CCCCOc1ccc([C@H]2C(=C(O)c3ccc4c(c3)OCCO4)C(=O)C(=O)N2c2nnc(SCc3ccc(F)cc3)s2)cc1OCC. The number of thioether (sulfide) groups is 1. The monoisotopic (exact) mass is 677 g/mol. The van der Waals surface area contributed by atoms with Gasteiger partial charge in [-0.1, -0.05) is 54.6 Å². The third kappa shape index (κ3) is 6.91. The van der Waals surface area contributed by atoms with Gasteiger partial charge in [-0.15, -0.1) is 10.2 Å². The number of anilines is 1. The van der Waals surface area contributed by atoms with Crippen molar-refractivity contribution in [2.75, 3.05) is 31.3 Å². The van der Waals surface area contributed by atoms with Crippen molar-refractivity contribution in [2.24, 2.45) is 0 Å². The van der Waals surface area contributed by atoms with Gasteiger partial charge in [0.15, 0.2) is 27.3 Å². The molecule has 0 saturated carbocycles. The summed E-state index contributed by atoms with van der Waals surface area (Å²) in [7, 11) is 0. The second-order valence-electron chi connectivity index (χ2n) is 10.6. The lowest BCUT2D eigenvalue weighted by molar-refractivity contribution is -0.132. The van der Waals surface area contributed by atoms with Gasteiger partial charge in [0, 0.05) is 11.3 Å². The first-order valence-corrected chi connectivity index (χ1v) is 17.0. The molecule has 47 heavy (non-hydrogen) atoms. The van der Waals surface area contributed by atoms with Crippen molar-refractivity contribution >= 4 is 45.7 Å². The number of ether oxygens (including phenoxy) is 4. The number of ketones is 1. The maximum Gasteiger partial charge on any atom is 0.301 e. The molecule has 1 saturated heterocycles. The Hall–Kier alpha value is -4.62. The lowest BCUT2D eigenvalue weighted by atomic mass is 9.95. The van der Waals surface area contributed by atoms with Crippen LogP contribution in [0.25, 0.3) is 5.76 Å². The van der Waals surface area contributed by atoms with Crippen molar-refractivity contribution in [3.63, 3.8) is 0 Å². The number of aromatic nitrogens is 2. The fraction of sp³-hybridized carbons (Fsp3) is 0.294. The molecule has 244 valence electrons. The van der Waals surface area contributed by atoms with Gasteiger partial charge in [-0.2, -0.15) is 0 Å². The number of carbonyl (C=O) groups is 2. The lowest BCUT2D eigenvalue weighted by Crippen LogP contribution is -2.29. The van der Waals surface area contributed by atoms with Crippen LogP contribution in [-0.2, 0) is 15.3 Å². The molecule has 6 rings (SSSR count). The average Bonchev–Trinajstić information content (AvgIpc) is 3.66. The molecule has 0 unspecified atom stereocenters. The van der Waals surface area contributed by atoms with Crippen LogP contribution in [0.4, 0.5) is 9.52 Å². The Morgan fingerprint density at radius 3 is 2.55 bits per heavy atom. The first-order valence-electron chi connectivity index (χ1n) is 15.2. The van der Waals surface area contributed by atoms with Gasteiger partial charge in [0.1, 0.15) is 24.8 Å². The molecule has 1 N–H and O–H groups in total. The van der Waals surface area contributed by atoms with E-state index >= 15 is 0 Å². The van der Waals surface area contributed by atoms with Gasteiger partial charge in [-0.25, -0.2) is 4.39 Å². The number of unbranched alkanes of at least 4 members (excludes halogenated alkanes) is 1. The van der Waals surface area contributed by atoms with Gasteiger partial charge >= 0.3 is 5.91 Å². The van der Waals surface area contributed by atoms with E-state index in [0.717, 1.165) is 29.7 Å². The Labute approximate surface area is 279 Å². The maximum atomic E-state index is 13.8. The number of Topliss-reactive ketones (excluding diaryl/α,β-unsaturated/α-hetero) is 1. The van der Waals surface area contributed by atoms with E-state index in [1.807, 2.05) is 6.92 Å². The highest BCUT2D eigenvalue weighted by atomic mass is 32.2. The zero-order chi connectivity index (χ0) is 32.9. The molecule has 4 aromatic rings. The van der Waals surface area contributed by atoms with Crippen molar-refractivity contribution in [3.8, 4) is 23.0 Å². The molecule has 1 amide bonds. The van der Waals surface area contributed by atoms with Crippen LogP contribution < -0.4 is 23.8 Å². The van der Waals surface area contributed by atoms with E-state index in [9.17, 15) is 19.1 Å². The molecule has 2 aliphatic rings. The Morgan fingerprint density at radius 2 is 1.79 bits per heavy atom. The fourth-order valence-corrected chi connectivity index (χ4v) is 7.01. The highest BCUT2D eigenvalue weighted by Crippen LogP contribution is 2.46. The number of hydrogen-bond acceptors (Lipinski definition) is 11. The predicted octanol–water partition coefficient (Wildman–Crippen LogP) is 6.94. The fourth-order valence-electron chi connectivity index (χ4n) is 5.18. The first-order chi connectivity index (χ1) is 22.9. The number of benzene rings is 3. The second kappa shape index (κ2) is 14.4. The Bertz CT molecular complexity index is 1810. The smallest absolute Gasteiger partial charge is 0.301 e. The van der Waals surface area contributed by atoms with Crippen LogP contribution in [0.1, 0.15) is 49.4 Å². The summed E-state index contributed by atoms with van der Waals surface area (Å²) in [6.45, 7) is 5.52. The summed E-state index contributed by atoms with van der Waals surface area (Å²) in [5.41, 5.74) is 1.56. The summed E-state index contributed by atoms with van der Waals surface area (Å²) < 4.78 is 37.1. The average molecular weight is 678 g/mol. The molecule has 3 heterocycles. The highest BCUT2D eigenvalue weighted by molar-refractivity contribution is 8.00. The van der Waals surface area contributed by atoms with Crippen LogP contribution in [0, 0.1) is 5.82 Å². The van der Waals surface area contributed by atoms with E-state index in [0.29, 0.717) is 65.1 Å². The van der Waals surface area contributed by atoms with Crippen molar-refractivity contribution in [2.45, 2.75) is 42.8 Å². The van der Waals surface area contributed by atoms with E-state index in [1.165, 1.54) is 28.8 Å². The molecule has 0 aliphatic carbocycles. The quantitative estimate of drug-likeness (QED) is 0.0422. The summed E-state index contributed by atoms with van der Waals surface area (Å²) >= 11 is 2.51. The third-order valence-electron chi connectivity index (χ3n) is 7.48. The Morgan fingerprint density at radius 1 is 1.00 bits per heavy atom. The van der Waals surface area contributed by atoms with E-state index in [-0.39, 0.29) is 27.8 Å². The Kier molecular flexibility index (Phi) is 9.92. The van der Waals surface area contributed by atoms with Crippen molar-refractivity contribution in [1.82, 2.24) is 10.2 Å². The van der Waals surface area contributed by atoms with Crippen molar-refractivity contribution in [1.29, 1.82) is 0 Å². The molecule has 13 heteroatoms. The van der Waals surface area contributed by atoms with Crippen LogP contribution in [-0.4, -0.2) is 53.4 Å². The zero-order valence-electron chi connectivity index (χ0n) is 25.7. The minimum Gasteiger partial charge on any atom is -0.507 e. The van der Waals surface area contributed by atoms with Crippen LogP contribution in [0.3, 0.4) is 0 Å². The molecule has 1 atom stereocenters. The normalized spacial score (nSPS) is 16.8. The summed E-state index contributed by atoms with van der Waals surface area (Å²) in [6, 6.07) is 15.1. The molecule has 0 radical (unpaired) electrons. The number of hydrogen-bond donors (Lipinski definition) is 1. The molecule has 0 bridgehead atoms. The molecule has 1 fully saturated rings. The van der Waals surface area contributed by atoms with Gasteiger partial charge in [0.25, 0.3) is 5.78 Å². The summed E-state index contributed by atoms with van der Waals surface area (Å²) in [6.07, 6.45) is 1.82. The number of carbonyl (C=O) groups excluding carboxylic acids is 2. The van der Waals surface area contributed by atoms with Crippen molar-refractivity contribution in [3.05, 3.63) is 88.7 Å². The number of aliphatic hydroxyl groups excluding tert-OH is 1. The maximum absolute atomic E-state index is 13.8.